The fourth-order valence-electron chi connectivity index (χ4n) is 3.30. The molecule has 162 valence electrons. The molecule has 0 radical (unpaired) electrons. The van der Waals surface area contributed by atoms with Gasteiger partial charge in [-0.3, -0.25) is 10.3 Å². The first kappa shape index (κ1) is 24.4. The van der Waals surface area contributed by atoms with E-state index in [2.05, 4.69) is 20.6 Å². The molecule has 2 amide bonds. The van der Waals surface area contributed by atoms with Crippen molar-refractivity contribution in [1.29, 1.82) is 0 Å². The number of nitrogens with one attached hydrogen (secondary N) is 2. The van der Waals surface area contributed by atoms with Crippen LogP contribution in [0.25, 0.3) is 32.6 Å². The Labute approximate surface area is 205 Å². The molecular formula is C23H18FLiN4O3S. The van der Waals surface area contributed by atoms with E-state index in [0.29, 0.717) is 39.2 Å². The van der Waals surface area contributed by atoms with E-state index in [9.17, 15) is 14.7 Å². The van der Waals surface area contributed by atoms with Gasteiger partial charge in [0.15, 0.2) is 10.9 Å². The fourth-order valence-corrected chi connectivity index (χ4v) is 4.28. The largest absolute Gasteiger partial charge is 1.00 e. The molecule has 0 aliphatic heterocycles. The molecule has 2 N–H and O–H groups in total. The Balaban J connectivity index is 0.00000306. The topological polar surface area (TPSA) is 107 Å². The van der Waals surface area contributed by atoms with Gasteiger partial charge >= 0.3 is 24.9 Å². The van der Waals surface area contributed by atoms with Crippen LogP contribution in [0, 0.1) is 5.82 Å². The zero-order valence-electron chi connectivity index (χ0n) is 18.0. The summed E-state index contributed by atoms with van der Waals surface area (Å²) >= 11 is 1.16. The minimum atomic E-state index is -1.18. The van der Waals surface area contributed by atoms with E-state index in [1.54, 1.807) is 49.5 Å². The molecule has 2 aromatic heterocycles. The molecule has 0 atom stereocenters. The van der Waals surface area contributed by atoms with Gasteiger partial charge in [-0.25, -0.2) is 14.2 Å². The van der Waals surface area contributed by atoms with E-state index in [4.69, 9.17) is 0 Å². The minimum Gasteiger partial charge on any atom is -0.550 e. The van der Waals surface area contributed by atoms with Crippen molar-refractivity contribution in [2.45, 2.75) is 13.3 Å². The van der Waals surface area contributed by atoms with Gasteiger partial charge in [0.1, 0.15) is 5.52 Å². The summed E-state index contributed by atoms with van der Waals surface area (Å²) in [6.45, 7) is 2.24. The molecule has 33 heavy (non-hydrogen) atoms. The number of anilines is 1. The number of aromatic nitrogens is 2. The van der Waals surface area contributed by atoms with Crippen LogP contribution in [0.2, 0.25) is 0 Å². The van der Waals surface area contributed by atoms with Crippen LogP contribution in [0.5, 0.6) is 0 Å². The Morgan fingerprint density at radius 3 is 2.52 bits per heavy atom. The van der Waals surface area contributed by atoms with Gasteiger partial charge in [0.05, 0.1) is 10.4 Å². The van der Waals surface area contributed by atoms with Gasteiger partial charge in [-0.2, -0.15) is 0 Å². The summed E-state index contributed by atoms with van der Waals surface area (Å²) in [5, 5.41) is 16.3. The van der Waals surface area contributed by atoms with Crippen LogP contribution in [0.1, 0.15) is 12.5 Å². The SMILES string of the molecule is CCNC(=O)Nc1nc2c(F)c(-c3ccc(CC(=O)[O-])cc3)cc(-c3ccccn3)c2s1.[Li+]. The molecule has 7 nitrogen and oxygen atoms in total. The van der Waals surface area contributed by atoms with Crippen LogP contribution < -0.4 is 34.6 Å². The third kappa shape index (κ3) is 5.39. The first-order chi connectivity index (χ1) is 15.5. The number of hydrogen-bond donors (Lipinski definition) is 2. The molecule has 4 aromatic rings. The number of urea groups is 1. The van der Waals surface area contributed by atoms with Gasteiger partial charge in [0.25, 0.3) is 0 Å². The molecule has 4 rings (SSSR count). The van der Waals surface area contributed by atoms with E-state index >= 15 is 4.39 Å². The minimum absolute atomic E-state index is 0. The summed E-state index contributed by atoms with van der Waals surface area (Å²) in [7, 11) is 0. The molecule has 0 aliphatic carbocycles. The van der Waals surface area contributed by atoms with Crippen molar-refractivity contribution < 1.29 is 37.9 Å². The van der Waals surface area contributed by atoms with Crippen LogP contribution in [0.4, 0.5) is 14.3 Å². The summed E-state index contributed by atoms with van der Waals surface area (Å²) in [5.74, 6) is -1.72. The summed E-state index contributed by atoms with van der Waals surface area (Å²) in [6.07, 6.45) is 1.43. The van der Waals surface area contributed by atoms with E-state index in [1.807, 2.05) is 12.1 Å². The number of amides is 2. The number of nitrogens with zero attached hydrogens (tertiary/aromatic N) is 2. The Morgan fingerprint density at radius 2 is 1.88 bits per heavy atom. The zero-order valence-corrected chi connectivity index (χ0v) is 18.8. The molecule has 0 unspecified atom stereocenters. The third-order valence-corrected chi connectivity index (χ3v) is 5.72. The van der Waals surface area contributed by atoms with Crippen molar-refractivity contribution in [3.63, 3.8) is 0 Å². The second-order valence-corrected chi connectivity index (χ2v) is 7.93. The maximum atomic E-state index is 15.6. The number of aliphatic carboxylic acids is 1. The van der Waals surface area contributed by atoms with Crippen LogP contribution in [0.15, 0.2) is 54.7 Å². The first-order valence-electron chi connectivity index (χ1n) is 9.84. The molecular weight excluding hydrogens is 438 g/mol. The number of carbonyl (C=O) groups is 2. The van der Waals surface area contributed by atoms with Crippen molar-refractivity contribution in [3.8, 4) is 22.4 Å². The summed E-state index contributed by atoms with van der Waals surface area (Å²) in [5.41, 5.74) is 2.86. The molecule has 0 saturated heterocycles. The van der Waals surface area contributed by atoms with Gasteiger partial charge in [-0.1, -0.05) is 41.7 Å². The Kier molecular flexibility index (Phi) is 7.82. The first-order valence-corrected chi connectivity index (χ1v) is 10.7. The number of halogens is 1. The van der Waals surface area contributed by atoms with Crippen molar-refractivity contribution in [2.75, 3.05) is 11.9 Å². The number of carboxylic acid groups (broad SMARTS) is 1. The summed E-state index contributed by atoms with van der Waals surface area (Å²) < 4.78 is 16.1. The number of carbonyl (C=O) groups excluding carboxylic acids is 2. The van der Waals surface area contributed by atoms with Crippen LogP contribution in [-0.4, -0.2) is 28.5 Å². The maximum Gasteiger partial charge on any atom is 1.00 e. The van der Waals surface area contributed by atoms with E-state index in [1.165, 1.54) is 0 Å². The Hall–Kier alpha value is -3.25. The second-order valence-electron chi connectivity index (χ2n) is 6.93. The predicted molar refractivity (Wildman–Crippen MR) is 120 cm³/mol. The fraction of sp³-hybridized carbons (Fsp3) is 0.130. The van der Waals surface area contributed by atoms with Gasteiger partial charge in [0, 0.05) is 36.3 Å². The van der Waals surface area contributed by atoms with Gasteiger partial charge in [0.2, 0.25) is 0 Å². The van der Waals surface area contributed by atoms with Crippen molar-refractivity contribution in [2.24, 2.45) is 0 Å². The van der Waals surface area contributed by atoms with Gasteiger partial charge in [-0.15, -0.1) is 0 Å². The summed E-state index contributed by atoms with van der Waals surface area (Å²) in [6, 6.07) is 13.3. The average molecular weight is 456 g/mol. The third-order valence-electron chi connectivity index (χ3n) is 4.72. The molecule has 0 fully saturated rings. The van der Waals surface area contributed by atoms with E-state index in [0.717, 1.165) is 11.3 Å². The average Bonchev–Trinajstić information content (AvgIpc) is 3.19. The number of thiazole rings is 1. The van der Waals surface area contributed by atoms with E-state index in [-0.39, 0.29) is 35.9 Å². The molecule has 0 spiro atoms. The van der Waals surface area contributed by atoms with Crippen molar-refractivity contribution >= 4 is 38.7 Å². The standard InChI is InChI=1S/C23H19FN4O3S.Li/c1-2-25-22(31)28-23-27-20-19(24)15(14-8-6-13(7-9-14)11-18(29)30)12-16(21(20)32-23)17-5-3-4-10-26-17;/h3-10,12H,2,11H2,1H3,(H,29,30)(H2,25,27,28,31);/q;+1/p-1. The Morgan fingerprint density at radius 1 is 1.12 bits per heavy atom. The maximum absolute atomic E-state index is 15.6. The normalized spacial score (nSPS) is 10.5. The van der Waals surface area contributed by atoms with Crippen molar-refractivity contribution in [3.05, 3.63) is 66.1 Å². The molecule has 0 bridgehead atoms. The number of benzene rings is 2. The number of carboxylic acids is 1. The second kappa shape index (κ2) is 10.6. The monoisotopic (exact) mass is 456 g/mol. The molecule has 10 heteroatoms. The molecule has 2 heterocycles. The molecule has 2 aromatic carbocycles. The molecule has 0 aliphatic rings. The molecule has 0 saturated carbocycles. The van der Waals surface area contributed by atoms with Crippen LogP contribution >= 0.6 is 11.3 Å². The van der Waals surface area contributed by atoms with Gasteiger partial charge in [-0.05, 0) is 36.2 Å². The quantitative estimate of drug-likeness (QED) is 0.414. The summed E-state index contributed by atoms with van der Waals surface area (Å²) in [4.78, 5) is 31.5. The number of pyridine rings is 1. The van der Waals surface area contributed by atoms with Crippen molar-refractivity contribution in [1.82, 2.24) is 15.3 Å². The predicted octanol–water partition coefficient (Wildman–Crippen LogP) is 0.602. The van der Waals surface area contributed by atoms with Crippen LogP contribution in [0.3, 0.4) is 0 Å². The van der Waals surface area contributed by atoms with Gasteiger partial charge < -0.3 is 15.2 Å². The number of fused-ring (bicyclic) bond motifs is 1. The zero-order chi connectivity index (χ0) is 22.7. The number of rotatable bonds is 6. The smallest absolute Gasteiger partial charge is 0.550 e. The Bertz CT molecular complexity index is 1300. The van der Waals surface area contributed by atoms with Crippen LogP contribution in [-0.2, 0) is 11.2 Å². The number of hydrogen-bond acceptors (Lipinski definition) is 6. The van der Waals surface area contributed by atoms with E-state index < -0.39 is 17.8 Å².